The Labute approximate surface area is 195 Å². The second-order valence-electron chi connectivity index (χ2n) is 7.65. The lowest BCUT2D eigenvalue weighted by molar-refractivity contribution is -0.137. The molecule has 4 nitrogen and oxygen atoms in total. The van der Waals surface area contributed by atoms with E-state index in [1.807, 2.05) is 6.08 Å². The van der Waals surface area contributed by atoms with Crippen LogP contribution in [0.5, 0.6) is 0 Å². The molecule has 0 bridgehead atoms. The van der Waals surface area contributed by atoms with E-state index in [2.05, 4.69) is 0 Å². The summed E-state index contributed by atoms with van der Waals surface area (Å²) in [4.78, 5) is 23.9. The van der Waals surface area contributed by atoms with Gasteiger partial charge in [-0.2, -0.15) is 0 Å². The standard InChI is InChI=1S/C23H24ClFO4S2/c24-14-8-10-16(18(25)12-14)19-11-9-15(29-19)13-20-22(28)17(23(30)31-20)6-4-2-1-3-5-7-21(26)27/h8,10-13,15,17H,1-7,9H2,(H,26,27)/b20-13-. The van der Waals surface area contributed by atoms with E-state index >= 15 is 0 Å². The zero-order valence-electron chi connectivity index (χ0n) is 16.9. The molecule has 0 saturated carbocycles. The Hall–Kier alpha value is -1.70. The number of hydrogen-bond acceptors (Lipinski definition) is 5. The Kier molecular flexibility index (Phi) is 8.69. The number of carboxylic acid groups (broad SMARTS) is 1. The molecule has 1 fully saturated rings. The lowest BCUT2D eigenvalue weighted by Gasteiger charge is -2.11. The molecule has 2 aliphatic rings. The number of ether oxygens (including phenoxy) is 1. The van der Waals surface area contributed by atoms with E-state index in [-0.39, 0.29) is 24.2 Å². The van der Waals surface area contributed by atoms with Crippen LogP contribution in [0, 0.1) is 11.7 Å². The number of benzene rings is 1. The number of carboxylic acids is 1. The van der Waals surface area contributed by atoms with Gasteiger partial charge in [-0.1, -0.05) is 61.3 Å². The summed E-state index contributed by atoms with van der Waals surface area (Å²) in [6.07, 6.45) is 9.15. The van der Waals surface area contributed by atoms with E-state index in [9.17, 15) is 14.0 Å². The predicted octanol–water partition coefficient (Wildman–Crippen LogP) is 6.57. The molecule has 3 rings (SSSR count). The maximum absolute atomic E-state index is 14.1. The quantitative estimate of drug-likeness (QED) is 0.231. The van der Waals surface area contributed by atoms with Gasteiger partial charge >= 0.3 is 5.97 Å². The van der Waals surface area contributed by atoms with Crippen LogP contribution < -0.4 is 0 Å². The molecule has 0 aliphatic carbocycles. The van der Waals surface area contributed by atoms with Gasteiger partial charge < -0.3 is 9.84 Å². The minimum Gasteiger partial charge on any atom is -0.486 e. The van der Waals surface area contributed by atoms with Gasteiger partial charge in [0.05, 0.1) is 20.6 Å². The maximum atomic E-state index is 14.1. The SMILES string of the molecule is O=C(O)CCCCCCCC1C(=O)/C(=C/C2CC=C(c3ccc(Cl)cc3F)O2)SC1=S. The van der Waals surface area contributed by atoms with E-state index < -0.39 is 11.8 Å². The van der Waals surface area contributed by atoms with Crippen molar-refractivity contribution in [3.63, 3.8) is 0 Å². The minimum atomic E-state index is -0.759. The van der Waals surface area contributed by atoms with E-state index in [4.69, 9.17) is 33.7 Å². The summed E-state index contributed by atoms with van der Waals surface area (Å²) in [5.41, 5.74) is 0.354. The van der Waals surface area contributed by atoms with Crippen LogP contribution in [0.3, 0.4) is 0 Å². The molecule has 31 heavy (non-hydrogen) atoms. The van der Waals surface area contributed by atoms with Gasteiger partial charge in [0.2, 0.25) is 0 Å². The van der Waals surface area contributed by atoms with Gasteiger partial charge in [0.1, 0.15) is 17.7 Å². The topological polar surface area (TPSA) is 63.6 Å². The van der Waals surface area contributed by atoms with Crippen LogP contribution in [0.4, 0.5) is 4.39 Å². The van der Waals surface area contributed by atoms with Crippen LogP contribution in [0.1, 0.15) is 56.9 Å². The summed E-state index contributed by atoms with van der Waals surface area (Å²) < 4.78 is 20.7. The average molecular weight is 483 g/mol. The van der Waals surface area contributed by atoms with Gasteiger partial charge in [-0.25, -0.2) is 4.39 Å². The van der Waals surface area contributed by atoms with Crippen LogP contribution in [-0.4, -0.2) is 27.2 Å². The molecule has 2 heterocycles. The zero-order valence-corrected chi connectivity index (χ0v) is 19.3. The number of carbonyl (C=O) groups excluding carboxylic acids is 1. The third-order valence-electron chi connectivity index (χ3n) is 5.29. The lowest BCUT2D eigenvalue weighted by atomic mass is 9.97. The number of ketones is 1. The van der Waals surface area contributed by atoms with E-state index in [1.165, 1.54) is 17.8 Å². The molecular formula is C23H24ClFO4S2. The summed E-state index contributed by atoms with van der Waals surface area (Å²) >= 11 is 12.6. The largest absolute Gasteiger partial charge is 0.486 e. The fourth-order valence-electron chi connectivity index (χ4n) is 3.64. The summed E-state index contributed by atoms with van der Waals surface area (Å²) in [6.45, 7) is 0. The Bertz CT molecular complexity index is 928. The highest BCUT2D eigenvalue weighted by Crippen LogP contribution is 2.39. The monoisotopic (exact) mass is 482 g/mol. The van der Waals surface area contributed by atoms with Crippen LogP contribution in [0.2, 0.25) is 5.02 Å². The van der Waals surface area contributed by atoms with Crippen molar-refractivity contribution in [2.75, 3.05) is 0 Å². The van der Waals surface area contributed by atoms with Gasteiger partial charge in [0.15, 0.2) is 5.78 Å². The number of thiocarbonyl (C=S) groups is 1. The van der Waals surface area contributed by atoms with E-state index in [1.54, 1.807) is 18.2 Å². The summed E-state index contributed by atoms with van der Waals surface area (Å²) in [5.74, 6) is -0.968. The first-order valence-corrected chi connectivity index (χ1v) is 12.0. The number of allylic oxidation sites excluding steroid dienone is 1. The first kappa shape index (κ1) is 24.0. The number of aliphatic carboxylic acids is 1. The highest BCUT2D eigenvalue weighted by Gasteiger charge is 2.35. The molecule has 0 amide bonds. The normalized spacial score (nSPS) is 22.1. The highest BCUT2D eigenvalue weighted by molar-refractivity contribution is 8.27. The molecule has 0 spiro atoms. The Morgan fingerprint density at radius 1 is 1.29 bits per heavy atom. The van der Waals surface area contributed by atoms with Crippen molar-refractivity contribution in [2.45, 2.75) is 57.5 Å². The number of rotatable bonds is 10. The summed E-state index contributed by atoms with van der Waals surface area (Å²) in [6, 6.07) is 4.45. The van der Waals surface area contributed by atoms with Crippen molar-refractivity contribution in [3.05, 3.63) is 51.7 Å². The number of unbranched alkanes of at least 4 members (excludes halogenated alkanes) is 4. The van der Waals surface area contributed by atoms with Crippen molar-refractivity contribution in [1.29, 1.82) is 0 Å². The molecule has 8 heteroatoms. The number of halogens is 2. The third-order valence-corrected chi connectivity index (χ3v) is 7.10. The van der Waals surface area contributed by atoms with Crippen LogP contribution in [0.25, 0.3) is 5.76 Å². The van der Waals surface area contributed by atoms with Crippen molar-refractivity contribution in [1.82, 2.24) is 0 Å². The van der Waals surface area contributed by atoms with Gasteiger partial charge in [0, 0.05) is 17.9 Å². The number of thioether (sulfide) groups is 1. The molecule has 166 valence electrons. The molecule has 2 unspecified atom stereocenters. The molecule has 0 aromatic heterocycles. The van der Waals surface area contributed by atoms with Gasteiger partial charge in [-0.05, 0) is 43.2 Å². The number of hydrogen-bond donors (Lipinski definition) is 1. The number of Topliss-reactive ketones (excluding diaryl/α,β-unsaturated/α-hetero) is 1. The van der Waals surface area contributed by atoms with Gasteiger partial charge in [-0.3, -0.25) is 9.59 Å². The van der Waals surface area contributed by atoms with Crippen molar-refractivity contribution < 1.29 is 23.8 Å². The molecule has 1 aromatic rings. The first-order valence-electron chi connectivity index (χ1n) is 10.4. The molecule has 1 saturated heterocycles. The second kappa shape index (κ2) is 11.2. The van der Waals surface area contributed by atoms with Crippen LogP contribution in [0.15, 0.2) is 35.3 Å². The first-order chi connectivity index (χ1) is 14.8. The Morgan fingerprint density at radius 2 is 2.03 bits per heavy atom. The summed E-state index contributed by atoms with van der Waals surface area (Å²) in [5, 5.41) is 8.97. The van der Waals surface area contributed by atoms with Crippen LogP contribution in [-0.2, 0) is 14.3 Å². The maximum Gasteiger partial charge on any atom is 0.303 e. The van der Waals surface area contributed by atoms with Crippen LogP contribution >= 0.6 is 35.6 Å². The zero-order chi connectivity index (χ0) is 22.4. The van der Waals surface area contributed by atoms with E-state index in [0.29, 0.717) is 44.7 Å². The summed E-state index contributed by atoms with van der Waals surface area (Å²) in [7, 11) is 0. The molecule has 1 aromatic carbocycles. The van der Waals surface area contributed by atoms with Gasteiger partial charge in [0.25, 0.3) is 0 Å². The highest BCUT2D eigenvalue weighted by atomic mass is 35.5. The molecular weight excluding hydrogens is 459 g/mol. The van der Waals surface area contributed by atoms with Crippen molar-refractivity contribution in [2.24, 2.45) is 5.92 Å². The fraction of sp³-hybridized carbons (Fsp3) is 0.435. The minimum absolute atomic E-state index is 0.0376. The van der Waals surface area contributed by atoms with E-state index in [0.717, 1.165) is 25.7 Å². The predicted molar refractivity (Wildman–Crippen MR) is 126 cm³/mol. The smallest absolute Gasteiger partial charge is 0.303 e. The molecule has 2 aliphatic heterocycles. The third kappa shape index (κ3) is 6.64. The number of carbonyl (C=O) groups is 2. The Balaban J connectivity index is 1.47. The Morgan fingerprint density at radius 3 is 2.77 bits per heavy atom. The molecule has 0 radical (unpaired) electrons. The van der Waals surface area contributed by atoms with Crippen molar-refractivity contribution in [3.8, 4) is 0 Å². The van der Waals surface area contributed by atoms with Crippen molar-refractivity contribution >= 4 is 57.3 Å². The second-order valence-corrected chi connectivity index (χ2v) is 9.87. The molecule has 2 atom stereocenters. The fourth-order valence-corrected chi connectivity index (χ4v) is 5.34. The lowest BCUT2D eigenvalue weighted by Crippen LogP contribution is -2.14. The van der Waals surface area contributed by atoms with Gasteiger partial charge in [-0.15, -0.1) is 0 Å². The molecule has 1 N–H and O–H groups in total. The average Bonchev–Trinajstić information content (AvgIpc) is 3.26.